The number of benzene rings is 1. The lowest BCUT2D eigenvalue weighted by Crippen LogP contribution is -2.20. The molecule has 2 nitrogen and oxygen atoms in total. The van der Waals surface area contributed by atoms with Crippen LogP contribution in [0.15, 0.2) is 30.3 Å². The van der Waals surface area contributed by atoms with Crippen LogP contribution in [-0.2, 0) is 16.3 Å². The van der Waals surface area contributed by atoms with E-state index in [4.69, 9.17) is 11.6 Å². The van der Waals surface area contributed by atoms with E-state index in [9.17, 15) is 8.42 Å². The predicted octanol–water partition coefficient (Wildman–Crippen LogP) is 2.52. The molecule has 0 saturated carbocycles. The zero-order chi connectivity index (χ0) is 12.3. The lowest BCUT2D eigenvalue weighted by molar-refractivity contribution is 0.398. The Kier molecular flexibility index (Phi) is 4.10. The monoisotopic (exact) mass is 272 g/mol. The van der Waals surface area contributed by atoms with Gasteiger partial charge >= 0.3 is 0 Å². The molecule has 0 bridgehead atoms. The van der Waals surface area contributed by atoms with Gasteiger partial charge in [-0.05, 0) is 30.2 Å². The van der Waals surface area contributed by atoms with Crippen molar-refractivity contribution in [2.75, 3.05) is 17.4 Å². The van der Waals surface area contributed by atoms with Gasteiger partial charge in [-0.2, -0.15) is 0 Å². The highest BCUT2D eigenvalue weighted by molar-refractivity contribution is 7.91. The van der Waals surface area contributed by atoms with Gasteiger partial charge in [0.25, 0.3) is 0 Å². The summed E-state index contributed by atoms with van der Waals surface area (Å²) in [6.07, 6.45) is 1.65. The fourth-order valence-corrected chi connectivity index (χ4v) is 4.74. The highest BCUT2D eigenvalue weighted by Gasteiger charge is 2.33. The van der Waals surface area contributed by atoms with E-state index in [1.54, 1.807) is 0 Å². The first-order chi connectivity index (χ1) is 8.11. The number of sulfone groups is 1. The van der Waals surface area contributed by atoms with E-state index >= 15 is 0 Å². The molecule has 2 atom stereocenters. The molecule has 0 amide bonds. The van der Waals surface area contributed by atoms with Crippen LogP contribution in [-0.4, -0.2) is 25.8 Å². The van der Waals surface area contributed by atoms with Gasteiger partial charge < -0.3 is 0 Å². The minimum absolute atomic E-state index is 0.234. The van der Waals surface area contributed by atoms with Crippen LogP contribution in [0.1, 0.15) is 12.0 Å². The molecule has 0 aromatic heterocycles. The minimum atomic E-state index is -2.80. The van der Waals surface area contributed by atoms with E-state index in [1.807, 2.05) is 18.2 Å². The molecule has 1 saturated heterocycles. The number of halogens is 1. The third-order valence-corrected chi connectivity index (χ3v) is 5.66. The molecule has 17 heavy (non-hydrogen) atoms. The minimum Gasteiger partial charge on any atom is -0.229 e. The average molecular weight is 273 g/mol. The van der Waals surface area contributed by atoms with E-state index in [1.165, 1.54) is 5.56 Å². The van der Waals surface area contributed by atoms with Crippen LogP contribution in [0, 0.1) is 11.8 Å². The summed E-state index contributed by atoms with van der Waals surface area (Å²) in [7, 11) is -2.80. The third-order valence-electron chi connectivity index (χ3n) is 3.47. The van der Waals surface area contributed by atoms with Gasteiger partial charge in [0.15, 0.2) is 9.84 Å². The summed E-state index contributed by atoms with van der Waals surface area (Å²) in [5, 5.41) is 0. The molecule has 2 unspecified atom stereocenters. The lowest BCUT2D eigenvalue weighted by atomic mass is 9.88. The van der Waals surface area contributed by atoms with Crippen LogP contribution < -0.4 is 0 Å². The molecule has 2 rings (SSSR count). The molecule has 1 aliphatic rings. The first-order valence-corrected chi connectivity index (χ1v) is 8.26. The Morgan fingerprint density at radius 1 is 1.29 bits per heavy atom. The SMILES string of the molecule is O=S1(=O)CCC(C(CCl)Cc2ccccc2)C1. The third kappa shape index (κ3) is 3.46. The molecule has 0 radical (unpaired) electrons. The second-order valence-electron chi connectivity index (χ2n) is 4.77. The van der Waals surface area contributed by atoms with Gasteiger partial charge in [0.1, 0.15) is 0 Å². The molecule has 94 valence electrons. The summed E-state index contributed by atoms with van der Waals surface area (Å²) in [6, 6.07) is 10.1. The van der Waals surface area contributed by atoms with Crippen molar-refractivity contribution in [2.45, 2.75) is 12.8 Å². The number of alkyl halides is 1. The largest absolute Gasteiger partial charge is 0.229 e. The second-order valence-corrected chi connectivity index (χ2v) is 7.30. The van der Waals surface area contributed by atoms with Gasteiger partial charge in [-0.25, -0.2) is 8.42 Å². The Bertz CT molecular complexity index is 456. The van der Waals surface area contributed by atoms with E-state index in [2.05, 4.69) is 12.1 Å². The Balaban J connectivity index is 2.03. The Labute approximate surface area is 108 Å². The summed E-state index contributed by atoms with van der Waals surface area (Å²) < 4.78 is 22.9. The summed E-state index contributed by atoms with van der Waals surface area (Å²) in [5.41, 5.74) is 1.24. The first kappa shape index (κ1) is 12.9. The summed E-state index contributed by atoms with van der Waals surface area (Å²) in [4.78, 5) is 0. The van der Waals surface area contributed by atoms with Crippen molar-refractivity contribution in [3.63, 3.8) is 0 Å². The van der Waals surface area contributed by atoms with Crippen LogP contribution in [0.2, 0.25) is 0 Å². The zero-order valence-electron chi connectivity index (χ0n) is 9.68. The number of hydrogen-bond donors (Lipinski definition) is 0. The smallest absolute Gasteiger partial charge is 0.150 e. The summed E-state index contributed by atoms with van der Waals surface area (Å²) in [6.45, 7) is 0. The number of rotatable bonds is 4. The van der Waals surface area contributed by atoms with Crippen LogP contribution in [0.4, 0.5) is 0 Å². The van der Waals surface area contributed by atoms with Gasteiger partial charge in [0, 0.05) is 5.88 Å². The molecule has 0 aliphatic carbocycles. The van der Waals surface area contributed by atoms with Crippen molar-refractivity contribution >= 4 is 21.4 Å². The van der Waals surface area contributed by atoms with Crippen molar-refractivity contribution in [1.29, 1.82) is 0 Å². The van der Waals surface area contributed by atoms with Gasteiger partial charge in [-0.1, -0.05) is 30.3 Å². The molecule has 1 aromatic rings. The van der Waals surface area contributed by atoms with Crippen molar-refractivity contribution in [1.82, 2.24) is 0 Å². The maximum atomic E-state index is 11.5. The Morgan fingerprint density at radius 3 is 2.53 bits per heavy atom. The molecule has 0 N–H and O–H groups in total. The molecule has 1 heterocycles. The molecule has 0 spiro atoms. The van der Waals surface area contributed by atoms with Gasteiger partial charge in [0.05, 0.1) is 11.5 Å². The highest BCUT2D eigenvalue weighted by Crippen LogP contribution is 2.29. The van der Waals surface area contributed by atoms with Crippen LogP contribution in [0.3, 0.4) is 0 Å². The second kappa shape index (κ2) is 5.40. The van der Waals surface area contributed by atoms with E-state index in [0.29, 0.717) is 17.4 Å². The molecule has 1 aliphatic heterocycles. The highest BCUT2D eigenvalue weighted by atomic mass is 35.5. The average Bonchev–Trinajstić information content (AvgIpc) is 2.68. The summed E-state index contributed by atoms with van der Waals surface area (Å²) >= 11 is 6.00. The van der Waals surface area contributed by atoms with E-state index < -0.39 is 9.84 Å². The van der Waals surface area contributed by atoms with Gasteiger partial charge in [0.2, 0.25) is 0 Å². The van der Waals surface area contributed by atoms with E-state index in [-0.39, 0.29) is 11.8 Å². The Hall–Kier alpha value is -0.540. The zero-order valence-corrected chi connectivity index (χ0v) is 11.3. The van der Waals surface area contributed by atoms with Crippen LogP contribution in [0.25, 0.3) is 0 Å². The van der Waals surface area contributed by atoms with Crippen LogP contribution >= 0.6 is 11.6 Å². The molecule has 4 heteroatoms. The Morgan fingerprint density at radius 2 is 2.00 bits per heavy atom. The lowest BCUT2D eigenvalue weighted by Gasteiger charge is -2.19. The van der Waals surface area contributed by atoms with Crippen molar-refractivity contribution < 1.29 is 8.42 Å². The molecule has 1 fully saturated rings. The quantitative estimate of drug-likeness (QED) is 0.790. The fraction of sp³-hybridized carbons (Fsp3) is 0.538. The van der Waals surface area contributed by atoms with Crippen molar-refractivity contribution in [3.8, 4) is 0 Å². The van der Waals surface area contributed by atoms with Crippen molar-refractivity contribution in [2.24, 2.45) is 11.8 Å². The van der Waals surface area contributed by atoms with E-state index in [0.717, 1.165) is 12.8 Å². The predicted molar refractivity (Wildman–Crippen MR) is 71.1 cm³/mol. The topological polar surface area (TPSA) is 34.1 Å². The van der Waals surface area contributed by atoms with Crippen molar-refractivity contribution in [3.05, 3.63) is 35.9 Å². The number of hydrogen-bond acceptors (Lipinski definition) is 2. The maximum absolute atomic E-state index is 11.5. The molecule has 1 aromatic carbocycles. The molecular weight excluding hydrogens is 256 g/mol. The standard InChI is InChI=1S/C13H17ClO2S/c14-9-13(8-11-4-2-1-3-5-11)12-6-7-17(15,16)10-12/h1-5,12-13H,6-10H2. The van der Waals surface area contributed by atoms with Gasteiger partial charge in [-0.3, -0.25) is 0 Å². The normalized spacial score (nSPS) is 24.6. The van der Waals surface area contributed by atoms with Gasteiger partial charge in [-0.15, -0.1) is 11.6 Å². The first-order valence-electron chi connectivity index (χ1n) is 5.91. The summed E-state index contributed by atoms with van der Waals surface area (Å²) in [5.74, 6) is 1.70. The maximum Gasteiger partial charge on any atom is 0.150 e. The van der Waals surface area contributed by atoms with Crippen LogP contribution in [0.5, 0.6) is 0 Å². The molecular formula is C13H17ClO2S. The fourth-order valence-electron chi connectivity index (χ4n) is 2.46.